The minimum atomic E-state index is -0.457. The van der Waals surface area contributed by atoms with E-state index >= 15 is 0 Å². The van der Waals surface area contributed by atoms with Gasteiger partial charge in [-0.1, -0.05) is 19.1 Å². The Balaban J connectivity index is 1.70. The van der Waals surface area contributed by atoms with Gasteiger partial charge in [0.25, 0.3) is 5.69 Å². The highest BCUT2D eigenvalue weighted by Gasteiger charge is 2.21. The quantitative estimate of drug-likeness (QED) is 0.632. The molecule has 126 valence electrons. The number of hydrogen-bond acceptors (Lipinski definition) is 5. The van der Waals surface area contributed by atoms with Crippen LogP contribution in [0.5, 0.6) is 0 Å². The maximum Gasteiger partial charge on any atom is 0.270 e. The van der Waals surface area contributed by atoms with Crippen molar-refractivity contribution in [1.29, 1.82) is 0 Å². The van der Waals surface area contributed by atoms with Gasteiger partial charge in [-0.2, -0.15) is 5.10 Å². The van der Waals surface area contributed by atoms with Crippen molar-refractivity contribution in [1.82, 2.24) is 19.7 Å². The fourth-order valence-electron chi connectivity index (χ4n) is 2.92. The highest BCUT2D eigenvalue weighted by molar-refractivity contribution is 5.76. The van der Waals surface area contributed by atoms with Crippen LogP contribution in [-0.2, 0) is 11.3 Å². The Bertz CT molecular complexity index is 758. The lowest BCUT2D eigenvalue weighted by Gasteiger charge is -2.30. The van der Waals surface area contributed by atoms with Gasteiger partial charge in [-0.05, 0) is 18.8 Å². The van der Waals surface area contributed by atoms with Crippen LogP contribution in [0.2, 0.25) is 0 Å². The third kappa shape index (κ3) is 3.58. The molecule has 0 spiro atoms. The van der Waals surface area contributed by atoms with Crippen LogP contribution in [0.15, 0.2) is 30.6 Å². The summed E-state index contributed by atoms with van der Waals surface area (Å²) in [5.41, 5.74) is 0.546. The molecule has 1 aromatic heterocycles. The van der Waals surface area contributed by atoms with Crippen molar-refractivity contribution in [2.75, 3.05) is 13.1 Å². The van der Waals surface area contributed by atoms with E-state index in [4.69, 9.17) is 0 Å². The molecule has 1 saturated heterocycles. The van der Waals surface area contributed by atoms with E-state index in [1.807, 2.05) is 4.90 Å². The van der Waals surface area contributed by atoms with Crippen LogP contribution in [0.25, 0.3) is 11.4 Å². The molecule has 2 heterocycles. The number of non-ortho nitro benzene ring substituents is 1. The average molecular weight is 329 g/mol. The lowest BCUT2D eigenvalue weighted by Crippen LogP contribution is -2.40. The second-order valence-electron chi connectivity index (χ2n) is 6.16. The van der Waals surface area contributed by atoms with Gasteiger partial charge >= 0.3 is 0 Å². The smallest absolute Gasteiger partial charge is 0.270 e. The van der Waals surface area contributed by atoms with Crippen molar-refractivity contribution in [2.45, 2.75) is 26.3 Å². The predicted octanol–water partition coefficient (Wildman–Crippen LogP) is 2.11. The maximum atomic E-state index is 12.4. The molecule has 1 amide bonds. The number of amides is 1. The summed E-state index contributed by atoms with van der Waals surface area (Å²) in [5, 5.41) is 15.1. The molecule has 1 unspecified atom stereocenters. The molecule has 8 heteroatoms. The summed E-state index contributed by atoms with van der Waals surface area (Å²) in [6.45, 7) is 3.85. The second kappa shape index (κ2) is 6.77. The molecule has 0 radical (unpaired) electrons. The van der Waals surface area contributed by atoms with Gasteiger partial charge in [-0.3, -0.25) is 14.9 Å². The summed E-state index contributed by atoms with van der Waals surface area (Å²) in [4.78, 5) is 28.8. The Hall–Kier alpha value is -2.77. The molecule has 2 aromatic rings. The molecule has 0 aliphatic carbocycles. The number of nitrogens with zero attached hydrogens (tertiary/aromatic N) is 5. The summed E-state index contributed by atoms with van der Waals surface area (Å²) < 4.78 is 1.48. The number of likely N-dealkylation sites (tertiary alicyclic amines) is 1. The third-order valence-corrected chi connectivity index (χ3v) is 4.16. The minimum Gasteiger partial charge on any atom is -0.341 e. The van der Waals surface area contributed by atoms with E-state index in [9.17, 15) is 14.9 Å². The van der Waals surface area contributed by atoms with Gasteiger partial charge in [0.15, 0.2) is 5.82 Å². The number of nitro groups is 1. The number of rotatable bonds is 4. The SMILES string of the molecule is CC1CCCN(C(=O)Cn2cnc(-c3cccc([N+](=O)[O-])c3)n2)C1. The number of nitro benzene ring substituents is 1. The summed E-state index contributed by atoms with van der Waals surface area (Å²) in [5.74, 6) is 0.925. The van der Waals surface area contributed by atoms with Gasteiger partial charge < -0.3 is 4.90 Å². The molecule has 3 rings (SSSR count). The largest absolute Gasteiger partial charge is 0.341 e. The molecule has 1 aromatic carbocycles. The zero-order chi connectivity index (χ0) is 17.1. The summed E-state index contributed by atoms with van der Waals surface area (Å²) in [6, 6.07) is 6.14. The van der Waals surface area contributed by atoms with Gasteiger partial charge in [-0.15, -0.1) is 0 Å². The van der Waals surface area contributed by atoms with Gasteiger partial charge in [0, 0.05) is 30.8 Å². The first-order chi connectivity index (χ1) is 11.5. The summed E-state index contributed by atoms with van der Waals surface area (Å²) in [7, 11) is 0. The molecule has 1 aliphatic heterocycles. The number of hydrogen-bond donors (Lipinski definition) is 0. The molecule has 24 heavy (non-hydrogen) atoms. The number of piperidine rings is 1. The lowest BCUT2D eigenvalue weighted by atomic mass is 10.0. The minimum absolute atomic E-state index is 0.0118. The van der Waals surface area contributed by atoms with E-state index in [0.717, 1.165) is 25.9 Å². The van der Waals surface area contributed by atoms with Crippen LogP contribution >= 0.6 is 0 Å². The number of carbonyl (C=O) groups is 1. The first-order valence-corrected chi connectivity index (χ1v) is 7.95. The summed E-state index contributed by atoms with van der Waals surface area (Å²) in [6.07, 6.45) is 3.67. The Morgan fingerprint density at radius 1 is 1.46 bits per heavy atom. The fraction of sp³-hybridized carbons (Fsp3) is 0.438. The molecule has 0 saturated carbocycles. The maximum absolute atomic E-state index is 12.4. The van der Waals surface area contributed by atoms with Gasteiger partial charge in [0.05, 0.1) is 4.92 Å². The van der Waals surface area contributed by atoms with Crippen molar-refractivity contribution in [2.24, 2.45) is 5.92 Å². The van der Waals surface area contributed by atoms with Crippen LogP contribution in [0, 0.1) is 16.0 Å². The van der Waals surface area contributed by atoms with Crippen LogP contribution < -0.4 is 0 Å². The van der Waals surface area contributed by atoms with E-state index in [1.165, 1.54) is 23.1 Å². The van der Waals surface area contributed by atoms with E-state index in [-0.39, 0.29) is 18.1 Å². The Labute approximate surface area is 139 Å². The van der Waals surface area contributed by atoms with Crippen LogP contribution in [0.1, 0.15) is 19.8 Å². The van der Waals surface area contributed by atoms with E-state index in [2.05, 4.69) is 17.0 Å². The number of benzene rings is 1. The van der Waals surface area contributed by atoms with Crippen molar-refractivity contribution >= 4 is 11.6 Å². The monoisotopic (exact) mass is 329 g/mol. The molecule has 1 aliphatic rings. The Kier molecular flexibility index (Phi) is 4.54. The van der Waals surface area contributed by atoms with Gasteiger partial charge in [0.2, 0.25) is 5.91 Å². The molecular formula is C16H19N5O3. The molecule has 1 fully saturated rings. The zero-order valence-electron chi connectivity index (χ0n) is 13.5. The third-order valence-electron chi connectivity index (χ3n) is 4.16. The molecule has 8 nitrogen and oxygen atoms in total. The van der Waals surface area contributed by atoms with Crippen molar-refractivity contribution in [3.05, 3.63) is 40.7 Å². The van der Waals surface area contributed by atoms with Crippen molar-refractivity contribution < 1.29 is 9.72 Å². The highest BCUT2D eigenvalue weighted by Crippen LogP contribution is 2.20. The van der Waals surface area contributed by atoms with Gasteiger partial charge in [-0.25, -0.2) is 9.67 Å². The number of carbonyl (C=O) groups excluding carboxylic acids is 1. The normalized spacial score (nSPS) is 17.7. The van der Waals surface area contributed by atoms with Crippen LogP contribution in [0.3, 0.4) is 0 Å². The predicted molar refractivity (Wildman–Crippen MR) is 87.1 cm³/mol. The first kappa shape index (κ1) is 16.1. The van der Waals surface area contributed by atoms with E-state index in [0.29, 0.717) is 17.3 Å². The molecular weight excluding hydrogens is 310 g/mol. The average Bonchev–Trinajstić information content (AvgIpc) is 3.03. The Morgan fingerprint density at radius 2 is 2.29 bits per heavy atom. The second-order valence-corrected chi connectivity index (χ2v) is 6.16. The molecule has 1 atom stereocenters. The van der Waals surface area contributed by atoms with E-state index < -0.39 is 4.92 Å². The highest BCUT2D eigenvalue weighted by atomic mass is 16.6. The summed E-state index contributed by atoms with van der Waals surface area (Å²) >= 11 is 0. The number of aromatic nitrogens is 3. The van der Waals surface area contributed by atoms with Crippen molar-refractivity contribution in [3.8, 4) is 11.4 Å². The standard InChI is InChI=1S/C16H19N5O3/c1-12-4-3-7-19(9-12)15(22)10-20-11-17-16(18-20)13-5-2-6-14(8-13)21(23)24/h2,5-6,8,11-12H,3-4,7,9-10H2,1H3. The topological polar surface area (TPSA) is 94.2 Å². The zero-order valence-corrected chi connectivity index (χ0v) is 13.5. The molecule has 0 bridgehead atoms. The van der Waals surface area contributed by atoms with Crippen LogP contribution in [-0.4, -0.2) is 43.6 Å². The fourth-order valence-corrected chi connectivity index (χ4v) is 2.92. The van der Waals surface area contributed by atoms with Crippen LogP contribution in [0.4, 0.5) is 5.69 Å². The molecule has 0 N–H and O–H groups in total. The van der Waals surface area contributed by atoms with E-state index in [1.54, 1.807) is 12.1 Å². The van der Waals surface area contributed by atoms with Gasteiger partial charge in [0.1, 0.15) is 12.9 Å². The Morgan fingerprint density at radius 3 is 3.04 bits per heavy atom. The first-order valence-electron chi connectivity index (χ1n) is 7.95. The van der Waals surface area contributed by atoms with Crippen molar-refractivity contribution in [3.63, 3.8) is 0 Å². The lowest BCUT2D eigenvalue weighted by molar-refractivity contribution is -0.384.